The van der Waals surface area contributed by atoms with E-state index in [0.29, 0.717) is 6.61 Å². The van der Waals surface area contributed by atoms with Gasteiger partial charge in [0.05, 0.1) is 6.10 Å². The highest BCUT2D eigenvalue weighted by molar-refractivity contribution is 4.80. The number of hydrogen-bond acceptors (Lipinski definition) is 3. The van der Waals surface area contributed by atoms with Crippen LogP contribution in [0.5, 0.6) is 0 Å². The van der Waals surface area contributed by atoms with Gasteiger partial charge < -0.3 is 15.2 Å². The average molecular weight is 195 g/mol. The van der Waals surface area contributed by atoms with Crippen molar-refractivity contribution in [3.05, 3.63) is 0 Å². The molecule has 0 saturated carbocycles. The van der Waals surface area contributed by atoms with Crippen LogP contribution in [0.4, 0.5) is 8.78 Å². The van der Waals surface area contributed by atoms with Crippen LogP contribution in [0.1, 0.15) is 13.3 Å². The molecule has 1 saturated heterocycles. The fourth-order valence-corrected chi connectivity index (χ4v) is 1.36. The number of hydrogen-bond donors (Lipinski definition) is 2. The van der Waals surface area contributed by atoms with Gasteiger partial charge in [0, 0.05) is 19.2 Å². The van der Waals surface area contributed by atoms with Gasteiger partial charge in [0.15, 0.2) is 0 Å². The minimum atomic E-state index is -2.68. The molecule has 1 rings (SSSR count). The Hall–Kier alpha value is -0.260. The molecular weight excluding hydrogens is 180 g/mol. The average Bonchev–Trinajstić information content (AvgIpc) is 2.47. The summed E-state index contributed by atoms with van der Waals surface area (Å²) in [6.07, 6.45) is -3.39. The molecule has 1 heterocycles. The predicted octanol–water partition coefficient (Wildman–Crippen LogP) is 0.379. The van der Waals surface area contributed by atoms with Gasteiger partial charge in [-0.15, -0.1) is 0 Å². The normalized spacial score (nSPS) is 31.2. The Morgan fingerprint density at radius 1 is 1.62 bits per heavy atom. The summed E-state index contributed by atoms with van der Waals surface area (Å²) in [6.45, 7) is 2.47. The first kappa shape index (κ1) is 10.8. The summed E-state index contributed by atoms with van der Waals surface area (Å²) in [5.74, 6) is 0. The molecule has 5 heteroatoms. The molecule has 1 fully saturated rings. The van der Waals surface area contributed by atoms with Crippen LogP contribution in [-0.2, 0) is 4.74 Å². The van der Waals surface area contributed by atoms with Crippen LogP contribution in [0.15, 0.2) is 0 Å². The van der Waals surface area contributed by atoms with Crippen molar-refractivity contribution < 1.29 is 18.6 Å². The molecule has 0 aromatic rings. The van der Waals surface area contributed by atoms with Crippen molar-refractivity contribution >= 4 is 0 Å². The van der Waals surface area contributed by atoms with Crippen molar-refractivity contribution in [3.63, 3.8) is 0 Å². The van der Waals surface area contributed by atoms with E-state index in [1.807, 2.05) is 6.92 Å². The second kappa shape index (κ2) is 4.83. The Balaban J connectivity index is 2.18. The lowest BCUT2D eigenvalue weighted by Crippen LogP contribution is -2.41. The molecule has 2 N–H and O–H groups in total. The van der Waals surface area contributed by atoms with Gasteiger partial charge in [0.25, 0.3) is 6.43 Å². The van der Waals surface area contributed by atoms with E-state index in [0.717, 1.165) is 6.42 Å². The topological polar surface area (TPSA) is 41.5 Å². The highest BCUT2D eigenvalue weighted by Crippen LogP contribution is 2.12. The predicted molar refractivity (Wildman–Crippen MR) is 43.8 cm³/mol. The molecule has 3 atom stereocenters. The Labute approximate surface area is 76.1 Å². The molecule has 0 aliphatic carbocycles. The quantitative estimate of drug-likeness (QED) is 0.681. The Morgan fingerprint density at radius 3 is 2.77 bits per heavy atom. The Bertz CT molecular complexity index is 157. The SMILES string of the molecule is CC1OCCC1NCC(O)C(F)F. The molecule has 0 spiro atoms. The van der Waals surface area contributed by atoms with E-state index >= 15 is 0 Å². The number of rotatable bonds is 4. The van der Waals surface area contributed by atoms with Gasteiger partial charge >= 0.3 is 0 Å². The maximum atomic E-state index is 11.9. The van der Waals surface area contributed by atoms with E-state index in [-0.39, 0.29) is 18.7 Å². The summed E-state index contributed by atoms with van der Waals surface area (Å²) < 4.78 is 29.0. The van der Waals surface area contributed by atoms with Gasteiger partial charge in [0.2, 0.25) is 0 Å². The van der Waals surface area contributed by atoms with Crippen molar-refractivity contribution in [1.82, 2.24) is 5.32 Å². The fraction of sp³-hybridized carbons (Fsp3) is 1.00. The molecule has 0 amide bonds. The number of nitrogens with one attached hydrogen (secondary N) is 1. The molecule has 0 aromatic carbocycles. The fourth-order valence-electron chi connectivity index (χ4n) is 1.36. The minimum absolute atomic E-state index is 0.0462. The first-order chi connectivity index (χ1) is 6.11. The van der Waals surface area contributed by atoms with Crippen LogP contribution in [0, 0.1) is 0 Å². The zero-order chi connectivity index (χ0) is 9.84. The Kier molecular flexibility index (Phi) is 4.02. The first-order valence-electron chi connectivity index (χ1n) is 4.42. The number of aliphatic hydroxyl groups is 1. The van der Waals surface area contributed by atoms with Crippen LogP contribution in [0.2, 0.25) is 0 Å². The van der Waals surface area contributed by atoms with E-state index in [1.165, 1.54) is 0 Å². The summed E-state index contributed by atoms with van der Waals surface area (Å²) in [5, 5.41) is 11.7. The minimum Gasteiger partial charge on any atom is -0.386 e. The summed E-state index contributed by atoms with van der Waals surface area (Å²) in [4.78, 5) is 0. The summed E-state index contributed by atoms with van der Waals surface area (Å²) in [7, 11) is 0. The monoisotopic (exact) mass is 195 g/mol. The summed E-state index contributed by atoms with van der Waals surface area (Å²) in [6, 6.07) is 0.0911. The van der Waals surface area contributed by atoms with Crippen LogP contribution < -0.4 is 5.32 Å². The van der Waals surface area contributed by atoms with Crippen molar-refractivity contribution in [2.45, 2.75) is 38.0 Å². The number of halogens is 2. The lowest BCUT2D eigenvalue weighted by molar-refractivity contribution is -0.00595. The third kappa shape index (κ3) is 3.17. The van der Waals surface area contributed by atoms with Crippen LogP contribution in [0.3, 0.4) is 0 Å². The molecule has 78 valence electrons. The molecule has 13 heavy (non-hydrogen) atoms. The summed E-state index contributed by atoms with van der Waals surface area (Å²) >= 11 is 0. The zero-order valence-corrected chi connectivity index (χ0v) is 7.54. The van der Waals surface area contributed by atoms with E-state index in [9.17, 15) is 8.78 Å². The lowest BCUT2D eigenvalue weighted by Gasteiger charge is -2.18. The maximum absolute atomic E-state index is 11.9. The first-order valence-corrected chi connectivity index (χ1v) is 4.42. The molecule has 1 aliphatic heterocycles. The number of alkyl halides is 2. The smallest absolute Gasteiger partial charge is 0.265 e. The third-order valence-electron chi connectivity index (χ3n) is 2.26. The second-order valence-corrected chi connectivity index (χ2v) is 3.28. The van der Waals surface area contributed by atoms with Crippen molar-refractivity contribution in [2.75, 3.05) is 13.2 Å². The van der Waals surface area contributed by atoms with E-state index < -0.39 is 12.5 Å². The van der Waals surface area contributed by atoms with Gasteiger partial charge in [-0.25, -0.2) is 8.78 Å². The molecule has 0 bridgehead atoms. The van der Waals surface area contributed by atoms with Crippen molar-refractivity contribution in [3.8, 4) is 0 Å². The number of aliphatic hydroxyl groups excluding tert-OH is 1. The molecule has 3 nitrogen and oxygen atoms in total. The molecule has 1 aliphatic rings. The molecule has 0 radical (unpaired) electrons. The molecule has 3 unspecified atom stereocenters. The van der Waals surface area contributed by atoms with E-state index in [4.69, 9.17) is 9.84 Å². The van der Waals surface area contributed by atoms with Gasteiger partial charge in [-0.3, -0.25) is 0 Å². The maximum Gasteiger partial charge on any atom is 0.265 e. The third-order valence-corrected chi connectivity index (χ3v) is 2.26. The largest absolute Gasteiger partial charge is 0.386 e. The van der Waals surface area contributed by atoms with Crippen LogP contribution in [-0.4, -0.2) is 42.9 Å². The van der Waals surface area contributed by atoms with Gasteiger partial charge in [-0.1, -0.05) is 0 Å². The van der Waals surface area contributed by atoms with Crippen molar-refractivity contribution in [1.29, 1.82) is 0 Å². The highest BCUT2D eigenvalue weighted by Gasteiger charge is 2.25. The van der Waals surface area contributed by atoms with Gasteiger partial charge in [0.1, 0.15) is 6.10 Å². The van der Waals surface area contributed by atoms with Crippen LogP contribution >= 0.6 is 0 Å². The standard InChI is InChI=1S/C8H15F2NO2/c1-5-6(2-3-13-5)11-4-7(12)8(9)10/h5-8,11-12H,2-4H2,1H3. The zero-order valence-electron chi connectivity index (χ0n) is 7.54. The Morgan fingerprint density at radius 2 is 2.31 bits per heavy atom. The van der Waals surface area contributed by atoms with Gasteiger partial charge in [-0.2, -0.15) is 0 Å². The second-order valence-electron chi connectivity index (χ2n) is 3.28. The van der Waals surface area contributed by atoms with Gasteiger partial charge in [-0.05, 0) is 13.3 Å². The van der Waals surface area contributed by atoms with Crippen LogP contribution in [0.25, 0.3) is 0 Å². The molecule has 0 aromatic heterocycles. The summed E-state index contributed by atoms with van der Waals surface area (Å²) in [5.41, 5.74) is 0. The van der Waals surface area contributed by atoms with E-state index in [2.05, 4.69) is 5.32 Å². The van der Waals surface area contributed by atoms with E-state index in [1.54, 1.807) is 0 Å². The highest BCUT2D eigenvalue weighted by atomic mass is 19.3. The molecular formula is C8H15F2NO2. The lowest BCUT2D eigenvalue weighted by atomic mass is 10.1. The van der Waals surface area contributed by atoms with Crippen molar-refractivity contribution in [2.24, 2.45) is 0 Å². The number of ether oxygens (including phenoxy) is 1.